The van der Waals surface area contributed by atoms with E-state index in [-0.39, 0.29) is 19.4 Å². The SMILES string of the molecule is CCCCC/C=C\C/C=C\C/C=C\C/C=C\CCCC(=O)OC[C@H](COP(=O)(O)O)OC(=O)CCCCCCCCC/C=C\CCCCCC. The van der Waals surface area contributed by atoms with Gasteiger partial charge in [-0.3, -0.25) is 14.1 Å². The minimum Gasteiger partial charge on any atom is -0.462 e. The molecule has 8 nitrogen and oxygen atoms in total. The monoisotopic (exact) mass is 722 g/mol. The first-order valence-corrected chi connectivity index (χ1v) is 21.1. The molecule has 50 heavy (non-hydrogen) atoms. The molecule has 0 rings (SSSR count). The Hall–Kier alpha value is -2.25. The summed E-state index contributed by atoms with van der Waals surface area (Å²) in [6, 6.07) is 0. The second kappa shape index (κ2) is 36.5. The minimum atomic E-state index is -4.77. The van der Waals surface area contributed by atoms with Crippen LogP contribution in [0.2, 0.25) is 0 Å². The third-order valence-corrected chi connectivity index (χ3v) is 8.49. The van der Waals surface area contributed by atoms with Crippen LogP contribution in [-0.2, 0) is 28.2 Å². The van der Waals surface area contributed by atoms with Gasteiger partial charge in [-0.15, -0.1) is 0 Å². The molecule has 0 aromatic carbocycles. The summed E-state index contributed by atoms with van der Waals surface area (Å²) in [7, 11) is -4.77. The molecule has 0 heterocycles. The van der Waals surface area contributed by atoms with Crippen LogP contribution in [0.15, 0.2) is 60.8 Å². The highest BCUT2D eigenvalue weighted by molar-refractivity contribution is 7.46. The number of carbonyl (C=O) groups excluding carboxylic acids is 2. The van der Waals surface area contributed by atoms with Crippen LogP contribution in [0.5, 0.6) is 0 Å². The van der Waals surface area contributed by atoms with Crippen molar-refractivity contribution in [3.05, 3.63) is 60.8 Å². The Labute approximate surface area is 305 Å². The number of carbonyl (C=O) groups is 2. The number of esters is 2. The van der Waals surface area contributed by atoms with Crippen molar-refractivity contribution in [1.82, 2.24) is 0 Å². The van der Waals surface area contributed by atoms with E-state index < -0.39 is 32.5 Å². The number of phosphoric ester groups is 1. The minimum absolute atomic E-state index is 0.188. The zero-order chi connectivity index (χ0) is 36.8. The molecule has 0 aromatic rings. The van der Waals surface area contributed by atoms with Gasteiger partial charge in [0.15, 0.2) is 6.10 Å². The van der Waals surface area contributed by atoms with E-state index in [2.05, 4.69) is 73.1 Å². The Kier molecular flexibility index (Phi) is 34.9. The third kappa shape index (κ3) is 38.6. The van der Waals surface area contributed by atoms with Gasteiger partial charge in [0.1, 0.15) is 6.61 Å². The van der Waals surface area contributed by atoms with Crippen molar-refractivity contribution in [3.8, 4) is 0 Å². The van der Waals surface area contributed by atoms with Crippen LogP contribution in [0, 0.1) is 0 Å². The maximum absolute atomic E-state index is 12.4. The molecule has 0 unspecified atom stereocenters. The van der Waals surface area contributed by atoms with Crippen molar-refractivity contribution in [3.63, 3.8) is 0 Å². The van der Waals surface area contributed by atoms with Crippen molar-refractivity contribution in [2.24, 2.45) is 0 Å². The van der Waals surface area contributed by atoms with Crippen molar-refractivity contribution < 1.29 is 37.9 Å². The van der Waals surface area contributed by atoms with Gasteiger partial charge in [0.2, 0.25) is 0 Å². The Morgan fingerprint density at radius 3 is 1.46 bits per heavy atom. The first-order valence-electron chi connectivity index (χ1n) is 19.6. The zero-order valence-electron chi connectivity index (χ0n) is 31.5. The van der Waals surface area contributed by atoms with Gasteiger partial charge in [-0.1, -0.05) is 139 Å². The number of unbranched alkanes of at least 4 members (excludes halogenated alkanes) is 15. The maximum atomic E-state index is 12.4. The van der Waals surface area contributed by atoms with Gasteiger partial charge < -0.3 is 19.3 Å². The van der Waals surface area contributed by atoms with E-state index >= 15 is 0 Å². The van der Waals surface area contributed by atoms with E-state index in [1.807, 2.05) is 6.08 Å². The molecule has 9 heteroatoms. The van der Waals surface area contributed by atoms with Crippen LogP contribution >= 0.6 is 7.82 Å². The summed E-state index contributed by atoms with van der Waals surface area (Å²) in [6.45, 7) is 3.58. The van der Waals surface area contributed by atoms with E-state index in [4.69, 9.17) is 19.3 Å². The highest BCUT2D eigenvalue weighted by Gasteiger charge is 2.22. The molecule has 0 spiro atoms. The quantitative estimate of drug-likeness (QED) is 0.0287. The Balaban J connectivity index is 4.07. The first-order chi connectivity index (χ1) is 24.3. The number of allylic oxidation sites excluding steroid dienone is 10. The molecule has 0 aliphatic carbocycles. The summed E-state index contributed by atoms with van der Waals surface area (Å²) < 4.78 is 26.3. The number of hydrogen-bond acceptors (Lipinski definition) is 6. The van der Waals surface area contributed by atoms with Gasteiger partial charge in [0, 0.05) is 12.8 Å². The fourth-order valence-electron chi connectivity index (χ4n) is 5.06. The molecule has 0 bridgehead atoms. The van der Waals surface area contributed by atoms with Crippen LogP contribution < -0.4 is 0 Å². The summed E-state index contributed by atoms with van der Waals surface area (Å²) in [6.07, 6.45) is 45.1. The molecule has 0 fully saturated rings. The van der Waals surface area contributed by atoms with Crippen LogP contribution in [0.1, 0.15) is 168 Å². The van der Waals surface area contributed by atoms with Crippen LogP contribution in [0.25, 0.3) is 0 Å². The summed E-state index contributed by atoms with van der Waals surface area (Å²) in [5.74, 6) is -0.959. The van der Waals surface area contributed by atoms with Crippen molar-refractivity contribution >= 4 is 19.8 Å². The molecule has 288 valence electrons. The number of rotatable bonds is 35. The maximum Gasteiger partial charge on any atom is 0.469 e. The van der Waals surface area contributed by atoms with E-state index in [1.165, 1.54) is 77.0 Å². The van der Waals surface area contributed by atoms with Gasteiger partial charge in [-0.05, 0) is 77.0 Å². The lowest BCUT2D eigenvalue weighted by atomic mass is 10.1. The highest BCUT2D eigenvalue weighted by atomic mass is 31.2. The Bertz CT molecular complexity index is 995. The molecule has 0 saturated carbocycles. The van der Waals surface area contributed by atoms with Gasteiger partial charge >= 0.3 is 19.8 Å². The topological polar surface area (TPSA) is 119 Å². The first kappa shape index (κ1) is 47.8. The largest absolute Gasteiger partial charge is 0.469 e. The smallest absolute Gasteiger partial charge is 0.462 e. The third-order valence-electron chi connectivity index (χ3n) is 8.01. The normalized spacial score (nSPS) is 13.1. The molecular weight excluding hydrogens is 651 g/mol. The predicted octanol–water partition coefficient (Wildman–Crippen LogP) is 11.7. The molecular formula is C41H71O8P. The number of ether oxygens (including phenoxy) is 2. The van der Waals surface area contributed by atoms with Crippen LogP contribution in [0.3, 0.4) is 0 Å². The molecule has 0 aliphatic rings. The van der Waals surface area contributed by atoms with E-state index in [1.54, 1.807) is 0 Å². The number of phosphoric acid groups is 1. The van der Waals surface area contributed by atoms with Crippen molar-refractivity contribution in [2.45, 2.75) is 174 Å². The van der Waals surface area contributed by atoms with Crippen molar-refractivity contribution in [1.29, 1.82) is 0 Å². The van der Waals surface area contributed by atoms with E-state index in [9.17, 15) is 14.2 Å². The average molecular weight is 723 g/mol. The second-order valence-corrected chi connectivity index (χ2v) is 14.1. The Morgan fingerprint density at radius 2 is 0.920 bits per heavy atom. The van der Waals surface area contributed by atoms with Crippen LogP contribution in [0.4, 0.5) is 0 Å². The summed E-state index contributed by atoms with van der Waals surface area (Å²) in [4.78, 5) is 42.7. The van der Waals surface area contributed by atoms with Crippen molar-refractivity contribution in [2.75, 3.05) is 13.2 Å². The fraction of sp³-hybridized carbons (Fsp3) is 0.707. The standard InChI is InChI=1S/C41H71O8P/c1-3-5-7-9-11-13-15-17-19-20-22-23-25-27-29-31-33-35-40(42)47-37-39(38-48-50(44,45)46)49-41(43)36-34-32-30-28-26-24-21-18-16-14-12-10-8-6-4-2/h11,13-14,16-17,19,22-23,27,29,39H,3-10,12,15,18,20-21,24-26,28,30-38H2,1-2H3,(H2,44,45,46)/b13-11-,16-14-,19-17-,23-22-,29-27-/t39-/m1/s1. The summed E-state index contributed by atoms with van der Waals surface area (Å²) in [5, 5.41) is 0. The predicted molar refractivity (Wildman–Crippen MR) is 207 cm³/mol. The highest BCUT2D eigenvalue weighted by Crippen LogP contribution is 2.36. The van der Waals surface area contributed by atoms with Gasteiger partial charge in [-0.25, -0.2) is 4.57 Å². The molecule has 0 aliphatic heterocycles. The van der Waals surface area contributed by atoms with Crippen LogP contribution in [-0.4, -0.2) is 41.0 Å². The second-order valence-electron chi connectivity index (χ2n) is 12.9. The van der Waals surface area contributed by atoms with Gasteiger partial charge in [0.25, 0.3) is 0 Å². The van der Waals surface area contributed by atoms with E-state index in [0.29, 0.717) is 12.8 Å². The molecule has 2 N–H and O–H groups in total. The zero-order valence-corrected chi connectivity index (χ0v) is 32.4. The Morgan fingerprint density at radius 1 is 0.520 bits per heavy atom. The summed E-state index contributed by atoms with van der Waals surface area (Å²) in [5.41, 5.74) is 0. The molecule has 0 radical (unpaired) electrons. The lowest BCUT2D eigenvalue weighted by Gasteiger charge is -2.18. The lowest BCUT2D eigenvalue weighted by Crippen LogP contribution is -2.29. The van der Waals surface area contributed by atoms with E-state index in [0.717, 1.165) is 51.4 Å². The summed E-state index contributed by atoms with van der Waals surface area (Å²) >= 11 is 0. The molecule has 0 aromatic heterocycles. The lowest BCUT2D eigenvalue weighted by molar-refractivity contribution is -0.161. The number of hydrogen-bond donors (Lipinski definition) is 2. The molecule has 1 atom stereocenters. The van der Waals surface area contributed by atoms with Gasteiger partial charge in [0.05, 0.1) is 6.61 Å². The fourth-order valence-corrected chi connectivity index (χ4v) is 5.42. The van der Waals surface area contributed by atoms with Gasteiger partial charge in [-0.2, -0.15) is 0 Å². The molecule has 0 saturated heterocycles. The molecule has 0 amide bonds. The average Bonchev–Trinajstić information content (AvgIpc) is 3.08.